The number of nitrogens with two attached hydrogens (primary N) is 1. The minimum absolute atomic E-state index is 0.0157. The molecule has 0 amide bonds. The lowest BCUT2D eigenvalue weighted by atomic mass is 9.74. The summed E-state index contributed by atoms with van der Waals surface area (Å²) in [6, 6.07) is 3.52. The number of hydrogen-bond donors (Lipinski definition) is 2. The monoisotopic (exact) mass is 291 g/mol. The van der Waals surface area contributed by atoms with Crippen molar-refractivity contribution in [3.63, 3.8) is 0 Å². The molecule has 2 aliphatic rings. The van der Waals surface area contributed by atoms with Gasteiger partial charge in [-0.2, -0.15) is 0 Å². The van der Waals surface area contributed by atoms with Crippen LogP contribution in [0.15, 0.2) is 12.1 Å². The van der Waals surface area contributed by atoms with Crippen molar-refractivity contribution in [2.45, 2.75) is 38.8 Å². The summed E-state index contributed by atoms with van der Waals surface area (Å²) in [5.41, 5.74) is 5.79. The average molecular weight is 291 g/mol. The molecule has 21 heavy (non-hydrogen) atoms. The van der Waals surface area contributed by atoms with Gasteiger partial charge in [-0.1, -0.05) is 20.8 Å². The summed E-state index contributed by atoms with van der Waals surface area (Å²) < 4.78 is 0. The highest BCUT2D eigenvalue weighted by molar-refractivity contribution is 5.59. The Morgan fingerprint density at radius 1 is 1.52 bits per heavy atom. The van der Waals surface area contributed by atoms with Crippen molar-refractivity contribution in [3.05, 3.63) is 22.2 Å². The number of aromatic nitrogens is 1. The third-order valence-corrected chi connectivity index (χ3v) is 4.96. The Kier molecular flexibility index (Phi) is 2.88. The molecule has 3 heterocycles. The first kappa shape index (κ1) is 14.1. The number of anilines is 2. The summed E-state index contributed by atoms with van der Waals surface area (Å²) >= 11 is 0. The number of nitrogen functional groups attached to an aromatic ring is 1. The summed E-state index contributed by atoms with van der Waals surface area (Å²) in [4.78, 5) is 16.8. The van der Waals surface area contributed by atoms with E-state index in [4.69, 9.17) is 5.73 Å². The topological polar surface area (TPSA) is 97.3 Å². The third-order valence-electron chi connectivity index (χ3n) is 4.96. The molecule has 0 unspecified atom stereocenters. The summed E-state index contributed by atoms with van der Waals surface area (Å²) in [6.45, 7) is 8.48. The number of rotatable bonds is 2. The second-order valence-electron chi connectivity index (χ2n) is 7.03. The molecule has 0 aliphatic carbocycles. The van der Waals surface area contributed by atoms with Crippen LogP contribution in [0, 0.1) is 15.5 Å². The molecule has 7 heteroatoms. The zero-order valence-electron chi connectivity index (χ0n) is 12.6. The molecular formula is C14H21N5O2. The van der Waals surface area contributed by atoms with E-state index >= 15 is 0 Å². The summed E-state index contributed by atoms with van der Waals surface area (Å²) in [7, 11) is 0. The zero-order chi connectivity index (χ0) is 15.4. The van der Waals surface area contributed by atoms with Gasteiger partial charge in [-0.15, -0.1) is 0 Å². The lowest BCUT2D eigenvalue weighted by molar-refractivity contribution is -0.384. The highest BCUT2D eigenvalue weighted by Crippen LogP contribution is 2.45. The first-order valence-electron chi connectivity index (χ1n) is 7.16. The van der Waals surface area contributed by atoms with Crippen molar-refractivity contribution >= 4 is 17.3 Å². The van der Waals surface area contributed by atoms with Crippen molar-refractivity contribution in [2.24, 2.45) is 5.41 Å². The standard InChI is InChI=1S/C14H21N5O2/c1-13(2,3)14-6-9(7-16-14)18(8-14)11-5-4-10(19(20)21)12(15)17-11/h4-5,9,16H,6-8H2,1-3H3,(H2,15,17)/t9-,14+/m0/s1. The van der Waals surface area contributed by atoms with Crippen LogP contribution in [0.2, 0.25) is 0 Å². The molecule has 0 saturated carbocycles. The van der Waals surface area contributed by atoms with Gasteiger partial charge in [0.2, 0.25) is 5.82 Å². The molecule has 0 aromatic carbocycles. The lowest BCUT2D eigenvalue weighted by Gasteiger charge is -2.43. The summed E-state index contributed by atoms with van der Waals surface area (Å²) in [5.74, 6) is 0.716. The van der Waals surface area contributed by atoms with Crippen molar-refractivity contribution in [3.8, 4) is 0 Å². The average Bonchev–Trinajstić information content (AvgIpc) is 2.96. The molecule has 0 radical (unpaired) electrons. The van der Waals surface area contributed by atoms with E-state index in [9.17, 15) is 10.1 Å². The highest BCUT2D eigenvalue weighted by Gasteiger charge is 2.55. The molecule has 3 N–H and O–H groups in total. The molecule has 2 aliphatic heterocycles. The minimum Gasteiger partial charge on any atom is -0.378 e. The normalized spacial score (nSPS) is 28.1. The summed E-state index contributed by atoms with van der Waals surface area (Å²) in [6.07, 6.45) is 1.06. The van der Waals surface area contributed by atoms with Gasteiger partial charge < -0.3 is 16.0 Å². The maximum Gasteiger partial charge on any atom is 0.311 e. The molecular weight excluding hydrogens is 270 g/mol. The molecule has 3 rings (SSSR count). The van der Waals surface area contributed by atoms with Gasteiger partial charge in [0.05, 0.1) is 4.92 Å². The van der Waals surface area contributed by atoms with Gasteiger partial charge in [0, 0.05) is 30.7 Å². The van der Waals surface area contributed by atoms with E-state index in [1.165, 1.54) is 6.07 Å². The SMILES string of the molecule is CC(C)(C)[C@]12C[C@@H](CN1)N(c1ccc([N+](=O)[O-])c(N)n1)C2. The fourth-order valence-electron chi connectivity index (χ4n) is 3.47. The van der Waals surface area contributed by atoms with Gasteiger partial charge >= 0.3 is 5.69 Å². The van der Waals surface area contributed by atoms with Gasteiger partial charge in [0.25, 0.3) is 0 Å². The Hall–Kier alpha value is -1.89. The van der Waals surface area contributed by atoms with Crippen LogP contribution >= 0.6 is 0 Å². The number of nitrogens with one attached hydrogen (secondary N) is 1. The lowest BCUT2D eigenvalue weighted by Crippen LogP contribution is -2.58. The highest BCUT2D eigenvalue weighted by atomic mass is 16.6. The van der Waals surface area contributed by atoms with Crippen LogP contribution in [-0.4, -0.2) is 34.6 Å². The molecule has 0 spiro atoms. The Morgan fingerprint density at radius 2 is 2.24 bits per heavy atom. The van der Waals surface area contributed by atoms with Crippen LogP contribution in [0.3, 0.4) is 0 Å². The zero-order valence-corrected chi connectivity index (χ0v) is 12.6. The van der Waals surface area contributed by atoms with Gasteiger partial charge in [-0.05, 0) is 17.9 Å². The van der Waals surface area contributed by atoms with Crippen LogP contribution in [-0.2, 0) is 0 Å². The Bertz CT molecular complexity index is 598. The Morgan fingerprint density at radius 3 is 2.76 bits per heavy atom. The van der Waals surface area contributed by atoms with Crippen molar-refractivity contribution in [2.75, 3.05) is 23.7 Å². The van der Waals surface area contributed by atoms with Crippen LogP contribution in [0.25, 0.3) is 0 Å². The van der Waals surface area contributed by atoms with Crippen molar-refractivity contribution < 1.29 is 4.92 Å². The van der Waals surface area contributed by atoms with E-state index in [2.05, 4.69) is 36.0 Å². The maximum atomic E-state index is 10.8. The number of pyridine rings is 1. The molecule has 2 atom stereocenters. The van der Waals surface area contributed by atoms with Crippen LogP contribution in [0.5, 0.6) is 0 Å². The second kappa shape index (κ2) is 4.30. The number of nitrogens with zero attached hydrogens (tertiary/aromatic N) is 3. The van der Waals surface area contributed by atoms with Crippen molar-refractivity contribution in [1.82, 2.24) is 10.3 Å². The second-order valence-corrected chi connectivity index (χ2v) is 7.03. The van der Waals surface area contributed by atoms with Crippen LogP contribution in [0.1, 0.15) is 27.2 Å². The van der Waals surface area contributed by atoms with E-state index < -0.39 is 4.92 Å². The molecule has 114 valence electrons. The van der Waals surface area contributed by atoms with E-state index in [0.29, 0.717) is 6.04 Å². The molecule has 2 saturated heterocycles. The molecule has 2 fully saturated rings. The molecule has 7 nitrogen and oxygen atoms in total. The summed E-state index contributed by atoms with van der Waals surface area (Å²) in [5, 5.41) is 14.5. The van der Waals surface area contributed by atoms with E-state index in [0.717, 1.165) is 25.3 Å². The minimum atomic E-state index is -0.500. The molecule has 2 bridgehead atoms. The third kappa shape index (κ3) is 2.03. The van der Waals surface area contributed by atoms with E-state index in [1.54, 1.807) is 6.07 Å². The van der Waals surface area contributed by atoms with Gasteiger partial charge in [-0.25, -0.2) is 4.98 Å². The predicted molar refractivity (Wildman–Crippen MR) is 81.2 cm³/mol. The first-order valence-corrected chi connectivity index (χ1v) is 7.16. The van der Waals surface area contributed by atoms with Crippen LogP contribution < -0.4 is 16.0 Å². The first-order chi connectivity index (χ1) is 9.73. The number of fused-ring (bicyclic) bond motifs is 2. The number of piperazine rings is 1. The van der Waals surface area contributed by atoms with Crippen LogP contribution in [0.4, 0.5) is 17.3 Å². The predicted octanol–water partition coefficient (Wildman–Crippen LogP) is 1.54. The smallest absolute Gasteiger partial charge is 0.311 e. The maximum absolute atomic E-state index is 10.8. The number of nitro groups is 1. The quantitative estimate of drug-likeness (QED) is 0.633. The van der Waals surface area contributed by atoms with Gasteiger partial charge in [-0.3, -0.25) is 10.1 Å². The fraction of sp³-hybridized carbons (Fsp3) is 0.643. The molecule has 1 aromatic heterocycles. The van der Waals surface area contributed by atoms with Gasteiger partial charge in [0.1, 0.15) is 5.82 Å². The fourth-order valence-corrected chi connectivity index (χ4v) is 3.47. The Balaban J connectivity index is 1.90. The van der Waals surface area contributed by atoms with E-state index in [-0.39, 0.29) is 22.5 Å². The van der Waals surface area contributed by atoms with E-state index in [1.807, 2.05) is 0 Å². The molecule has 1 aromatic rings. The number of hydrogen-bond acceptors (Lipinski definition) is 6. The Labute approximate surface area is 123 Å². The van der Waals surface area contributed by atoms with Gasteiger partial charge in [0.15, 0.2) is 0 Å². The van der Waals surface area contributed by atoms with Crippen molar-refractivity contribution in [1.29, 1.82) is 0 Å². The largest absolute Gasteiger partial charge is 0.378 e.